The third-order valence-electron chi connectivity index (χ3n) is 4.77. The highest BCUT2D eigenvalue weighted by atomic mass is 32.2. The van der Waals surface area contributed by atoms with E-state index >= 15 is 0 Å². The second-order valence-corrected chi connectivity index (χ2v) is 8.43. The van der Waals surface area contributed by atoms with Crippen LogP contribution in [0.5, 0.6) is 0 Å². The molecule has 1 unspecified atom stereocenters. The summed E-state index contributed by atoms with van der Waals surface area (Å²) in [6.45, 7) is 7.00. The fourth-order valence-corrected chi connectivity index (χ4v) is 4.65. The summed E-state index contributed by atoms with van der Waals surface area (Å²) in [5, 5.41) is 0. The molecule has 2 aromatic rings. The molecule has 140 valence electrons. The van der Waals surface area contributed by atoms with Crippen molar-refractivity contribution in [1.29, 1.82) is 0 Å². The van der Waals surface area contributed by atoms with Gasteiger partial charge >= 0.3 is 0 Å². The molecule has 1 aliphatic heterocycles. The Hall–Kier alpha value is -1.73. The van der Waals surface area contributed by atoms with Crippen LogP contribution in [0.15, 0.2) is 53.4 Å². The van der Waals surface area contributed by atoms with Crippen molar-refractivity contribution >= 4 is 10.0 Å². The number of benzene rings is 2. The van der Waals surface area contributed by atoms with Gasteiger partial charge in [0.2, 0.25) is 10.0 Å². The Labute approximate surface area is 156 Å². The molecule has 2 aromatic carbocycles. The van der Waals surface area contributed by atoms with E-state index in [-0.39, 0.29) is 6.04 Å². The monoisotopic (exact) mass is 374 g/mol. The fourth-order valence-electron chi connectivity index (χ4n) is 3.29. The van der Waals surface area contributed by atoms with Crippen LogP contribution in [0.2, 0.25) is 0 Å². The topological polar surface area (TPSA) is 58.6 Å². The van der Waals surface area contributed by atoms with Crippen LogP contribution in [0.4, 0.5) is 0 Å². The summed E-state index contributed by atoms with van der Waals surface area (Å²) in [6, 6.07) is 15.5. The molecule has 0 spiro atoms. The van der Waals surface area contributed by atoms with Crippen molar-refractivity contribution in [2.45, 2.75) is 24.8 Å². The van der Waals surface area contributed by atoms with Crippen LogP contribution in [-0.2, 0) is 14.8 Å². The van der Waals surface area contributed by atoms with Crippen LogP contribution in [0.1, 0.15) is 22.7 Å². The van der Waals surface area contributed by atoms with Gasteiger partial charge in [0.05, 0.1) is 18.1 Å². The van der Waals surface area contributed by atoms with E-state index in [0.717, 1.165) is 29.8 Å². The molecule has 3 rings (SSSR count). The van der Waals surface area contributed by atoms with Crippen molar-refractivity contribution < 1.29 is 13.2 Å². The molecule has 1 atom stereocenters. The molecule has 1 heterocycles. The van der Waals surface area contributed by atoms with Crippen molar-refractivity contribution in [3.8, 4) is 0 Å². The van der Waals surface area contributed by atoms with Crippen molar-refractivity contribution in [1.82, 2.24) is 9.62 Å². The predicted octanol–water partition coefficient (Wildman–Crippen LogP) is 2.66. The Morgan fingerprint density at radius 2 is 1.77 bits per heavy atom. The third-order valence-corrected chi connectivity index (χ3v) is 6.34. The van der Waals surface area contributed by atoms with E-state index in [9.17, 15) is 8.42 Å². The van der Waals surface area contributed by atoms with E-state index in [0.29, 0.717) is 24.7 Å². The summed E-state index contributed by atoms with van der Waals surface area (Å²) in [5.74, 6) is 0. The molecule has 1 N–H and O–H groups in total. The predicted molar refractivity (Wildman–Crippen MR) is 103 cm³/mol. The molecular weight excluding hydrogens is 348 g/mol. The Kier molecular flexibility index (Phi) is 6.09. The van der Waals surface area contributed by atoms with Crippen LogP contribution in [-0.4, -0.2) is 46.2 Å². The highest BCUT2D eigenvalue weighted by Gasteiger charge is 2.25. The van der Waals surface area contributed by atoms with E-state index < -0.39 is 10.0 Å². The van der Waals surface area contributed by atoms with Gasteiger partial charge in [-0.25, -0.2) is 13.1 Å². The van der Waals surface area contributed by atoms with E-state index in [1.807, 2.05) is 56.3 Å². The lowest BCUT2D eigenvalue weighted by atomic mass is 10.1. The summed E-state index contributed by atoms with van der Waals surface area (Å²) in [5.41, 5.74) is 2.80. The van der Waals surface area contributed by atoms with Crippen LogP contribution >= 0.6 is 0 Å². The number of aryl methyl sites for hydroxylation is 2. The zero-order valence-corrected chi connectivity index (χ0v) is 16.1. The highest BCUT2D eigenvalue weighted by molar-refractivity contribution is 7.89. The minimum Gasteiger partial charge on any atom is -0.379 e. The summed E-state index contributed by atoms with van der Waals surface area (Å²) < 4.78 is 34.0. The lowest BCUT2D eigenvalue weighted by molar-refractivity contribution is 0.0172. The first-order chi connectivity index (χ1) is 12.5. The molecule has 0 saturated carbocycles. The molecule has 26 heavy (non-hydrogen) atoms. The molecular formula is C20H26N2O3S. The number of nitrogens with zero attached hydrogens (tertiary/aromatic N) is 1. The van der Waals surface area contributed by atoms with Gasteiger partial charge in [0.25, 0.3) is 0 Å². The van der Waals surface area contributed by atoms with E-state index in [2.05, 4.69) is 9.62 Å². The maximum Gasteiger partial charge on any atom is 0.240 e. The molecule has 0 radical (unpaired) electrons. The number of nitrogens with one attached hydrogen (secondary N) is 1. The average Bonchev–Trinajstić information content (AvgIpc) is 2.65. The van der Waals surface area contributed by atoms with E-state index in [1.165, 1.54) is 0 Å². The standard InChI is InChI=1S/C20H26N2O3S/c1-16-8-9-17(2)20(14-16)26(23,24)21-15-19(18-6-4-3-5-7-18)22-10-12-25-13-11-22/h3-9,14,19,21H,10-13,15H2,1-2H3. The van der Waals surface area contributed by atoms with Gasteiger partial charge in [-0.3, -0.25) is 4.90 Å². The minimum atomic E-state index is -3.56. The van der Waals surface area contributed by atoms with Gasteiger partial charge < -0.3 is 4.74 Å². The zero-order valence-electron chi connectivity index (χ0n) is 15.3. The number of ether oxygens (including phenoxy) is 1. The quantitative estimate of drug-likeness (QED) is 0.845. The molecule has 0 bridgehead atoms. The summed E-state index contributed by atoms with van der Waals surface area (Å²) in [7, 11) is -3.56. The van der Waals surface area contributed by atoms with Gasteiger partial charge in [-0.2, -0.15) is 0 Å². The van der Waals surface area contributed by atoms with Crippen LogP contribution in [0.25, 0.3) is 0 Å². The lowest BCUT2D eigenvalue weighted by Crippen LogP contribution is -2.43. The fraction of sp³-hybridized carbons (Fsp3) is 0.400. The summed E-state index contributed by atoms with van der Waals surface area (Å²) in [6.07, 6.45) is 0. The first-order valence-electron chi connectivity index (χ1n) is 8.91. The number of hydrogen-bond donors (Lipinski definition) is 1. The van der Waals surface area contributed by atoms with Gasteiger partial charge in [-0.05, 0) is 36.6 Å². The van der Waals surface area contributed by atoms with Crippen LogP contribution in [0.3, 0.4) is 0 Å². The van der Waals surface area contributed by atoms with Crippen molar-refractivity contribution in [3.05, 3.63) is 65.2 Å². The smallest absolute Gasteiger partial charge is 0.240 e. The molecule has 6 heteroatoms. The van der Waals surface area contributed by atoms with Gasteiger partial charge in [0.1, 0.15) is 0 Å². The first-order valence-corrected chi connectivity index (χ1v) is 10.4. The Balaban J connectivity index is 1.82. The van der Waals surface area contributed by atoms with Crippen molar-refractivity contribution in [2.75, 3.05) is 32.8 Å². The zero-order chi connectivity index (χ0) is 18.6. The maximum atomic E-state index is 12.9. The largest absolute Gasteiger partial charge is 0.379 e. The molecule has 1 aliphatic rings. The van der Waals surface area contributed by atoms with Gasteiger partial charge in [-0.1, -0.05) is 42.5 Å². The van der Waals surface area contributed by atoms with E-state index in [4.69, 9.17) is 4.74 Å². The second-order valence-electron chi connectivity index (χ2n) is 6.70. The Morgan fingerprint density at radius 3 is 2.46 bits per heavy atom. The molecule has 5 nitrogen and oxygen atoms in total. The van der Waals surface area contributed by atoms with Gasteiger partial charge in [-0.15, -0.1) is 0 Å². The first kappa shape index (κ1) is 19.0. The molecule has 1 saturated heterocycles. The van der Waals surface area contributed by atoms with Gasteiger partial charge in [0.15, 0.2) is 0 Å². The second kappa shape index (κ2) is 8.31. The van der Waals surface area contributed by atoms with Crippen LogP contribution in [0, 0.1) is 13.8 Å². The van der Waals surface area contributed by atoms with Gasteiger partial charge in [0, 0.05) is 25.7 Å². The molecule has 0 amide bonds. The number of morpholine rings is 1. The number of hydrogen-bond acceptors (Lipinski definition) is 4. The van der Waals surface area contributed by atoms with Crippen molar-refractivity contribution in [2.24, 2.45) is 0 Å². The van der Waals surface area contributed by atoms with E-state index in [1.54, 1.807) is 6.07 Å². The minimum absolute atomic E-state index is 0.0139. The normalized spacial score (nSPS) is 17.2. The summed E-state index contributed by atoms with van der Waals surface area (Å²) >= 11 is 0. The lowest BCUT2D eigenvalue weighted by Gasteiger charge is -2.35. The van der Waals surface area contributed by atoms with Crippen LogP contribution < -0.4 is 4.72 Å². The maximum absolute atomic E-state index is 12.9. The molecule has 0 aliphatic carbocycles. The Morgan fingerprint density at radius 1 is 1.08 bits per heavy atom. The number of rotatable bonds is 6. The number of sulfonamides is 1. The highest BCUT2D eigenvalue weighted by Crippen LogP contribution is 2.23. The Bertz CT molecular complexity index is 831. The summed E-state index contributed by atoms with van der Waals surface area (Å²) in [4.78, 5) is 2.64. The third kappa shape index (κ3) is 4.51. The SMILES string of the molecule is Cc1ccc(C)c(S(=O)(=O)NCC(c2ccccc2)N2CCOCC2)c1. The molecule has 1 fully saturated rings. The molecule has 0 aromatic heterocycles. The average molecular weight is 375 g/mol. The van der Waals surface area contributed by atoms with Crippen molar-refractivity contribution in [3.63, 3.8) is 0 Å².